The minimum Gasteiger partial charge on any atom is -0.328 e. The first-order valence-electron chi connectivity index (χ1n) is 8.63. The highest BCUT2D eigenvalue weighted by Gasteiger charge is 2.53. The van der Waals surface area contributed by atoms with Gasteiger partial charge in [-0.1, -0.05) is 0 Å². The molecule has 1 aromatic rings. The first-order valence-corrected chi connectivity index (χ1v) is 8.63. The third-order valence-electron chi connectivity index (χ3n) is 5.95. The summed E-state index contributed by atoms with van der Waals surface area (Å²) in [6.07, 6.45) is 9.27. The van der Waals surface area contributed by atoms with Crippen LogP contribution in [0, 0.1) is 24.7 Å². The number of nitrogens with two attached hydrogens (primary N) is 1. The molecule has 1 atom stereocenters. The molecular weight excluding hydrogens is 258 g/mol. The van der Waals surface area contributed by atoms with Crippen LogP contribution in [0.3, 0.4) is 0 Å². The molecule has 0 amide bonds. The lowest BCUT2D eigenvalue weighted by Crippen LogP contribution is -2.49. The van der Waals surface area contributed by atoms with Crippen molar-refractivity contribution in [3.63, 3.8) is 0 Å². The lowest BCUT2D eigenvalue weighted by atomic mass is 9.49. The van der Waals surface area contributed by atoms with Gasteiger partial charge < -0.3 is 5.73 Å². The van der Waals surface area contributed by atoms with Gasteiger partial charge in [-0.05, 0) is 76.2 Å². The fourth-order valence-corrected chi connectivity index (χ4v) is 5.69. The molecule has 0 spiro atoms. The Morgan fingerprint density at radius 3 is 2.24 bits per heavy atom. The Balaban J connectivity index is 1.71. The van der Waals surface area contributed by atoms with Crippen molar-refractivity contribution in [1.82, 2.24) is 9.97 Å². The van der Waals surface area contributed by atoms with Crippen LogP contribution in [0.2, 0.25) is 0 Å². The largest absolute Gasteiger partial charge is 0.328 e. The third-order valence-corrected chi connectivity index (χ3v) is 5.95. The van der Waals surface area contributed by atoms with E-state index < -0.39 is 0 Å². The Morgan fingerprint density at radius 1 is 1.14 bits per heavy atom. The second-order valence-corrected chi connectivity index (χ2v) is 8.20. The monoisotopic (exact) mass is 285 g/mol. The summed E-state index contributed by atoms with van der Waals surface area (Å²) in [4.78, 5) is 9.85. The van der Waals surface area contributed by atoms with Gasteiger partial charge in [0.15, 0.2) is 0 Å². The molecule has 21 heavy (non-hydrogen) atoms. The van der Waals surface area contributed by atoms with Crippen LogP contribution in [0.4, 0.5) is 0 Å². The Labute approximate surface area is 127 Å². The predicted octanol–water partition coefficient (Wildman–Crippen LogP) is 3.14. The molecule has 0 radical (unpaired) electrons. The Morgan fingerprint density at radius 2 is 1.71 bits per heavy atom. The zero-order chi connectivity index (χ0) is 14.6. The summed E-state index contributed by atoms with van der Waals surface area (Å²) in [6.45, 7) is 4.16. The van der Waals surface area contributed by atoms with Crippen LogP contribution >= 0.6 is 0 Å². The van der Waals surface area contributed by atoms with Crippen molar-refractivity contribution in [2.24, 2.45) is 23.5 Å². The van der Waals surface area contributed by atoms with E-state index >= 15 is 0 Å². The molecule has 4 saturated carbocycles. The molecule has 1 unspecified atom stereocenters. The minimum absolute atomic E-state index is 0.170. The molecule has 1 heterocycles. The molecule has 1 aromatic heterocycles. The molecule has 4 bridgehead atoms. The average Bonchev–Trinajstić information content (AvgIpc) is 2.35. The summed E-state index contributed by atoms with van der Waals surface area (Å²) in [5.41, 5.74) is 8.53. The second kappa shape index (κ2) is 4.77. The number of nitrogens with zero attached hydrogens (tertiary/aromatic N) is 2. The molecule has 114 valence electrons. The maximum absolute atomic E-state index is 5.97. The second-order valence-electron chi connectivity index (χ2n) is 8.20. The van der Waals surface area contributed by atoms with Gasteiger partial charge in [0.2, 0.25) is 0 Å². The summed E-state index contributed by atoms with van der Waals surface area (Å²) in [7, 11) is 0. The predicted molar refractivity (Wildman–Crippen MR) is 84.0 cm³/mol. The Kier molecular flexibility index (Phi) is 3.11. The van der Waals surface area contributed by atoms with E-state index in [1.807, 2.05) is 0 Å². The topological polar surface area (TPSA) is 51.8 Å². The van der Waals surface area contributed by atoms with Gasteiger partial charge in [0, 0.05) is 29.3 Å². The standard InChI is InChI=1S/C18H27N3/c1-11(19)3-16-4-12(2)20-17(21-16)18-8-13-5-14(9-18)7-15(6-13)10-18/h4,11,13-15H,3,5-10,19H2,1-2H3. The fraction of sp³-hybridized carbons (Fsp3) is 0.778. The van der Waals surface area contributed by atoms with E-state index in [4.69, 9.17) is 15.7 Å². The van der Waals surface area contributed by atoms with Gasteiger partial charge >= 0.3 is 0 Å². The van der Waals surface area contributed by atoms with E-state index in [0.29, 0.717) is 5.41 Å². The van der Waals surface area contributed by atoms with E-state index in [1.165, 1.54) is 38.5 Å². The highest BCUT2D eigenvalue weighted by Crippen LogP contribution is 2.60. The quantitative estimate of drug-likeness (QED) is 0.928. The van der Waals surface area contributed by atoms with Crippen LogP contribution in [0.25, 0.3) is 0 Å². The Bertz CT molecular complexity index is 514. The van der Waals surface area contributed by atoms with Gasteiger partial charge in [-0.25, -0.2) is 9.97 Å². The van der Waals surface area contributed by atoms with Gasteiger partial charge in [-0.3, -0.25) is 0 Å². The molecule has 3 nitrogen and oxygen atoms in total. The average molecular weight is 285 g/mol. The van der Waals surface area contributed by atoms with Crippen molar-refractivity contribution < 1.29 is 0 Å². The van der Waals surface area contributed by atoms with Crippen molar-refractivity contribution in [3.8, 4) is 0 Å². The van der Waals surface area contributed by atoms with Crippen molar-refractivity contribution >= 4 is 0 Å². The molecule has 0 aromatic carbocycles. The van der Waals surface area contributed by atoms with Gasteiger partial charge in [0.1, 0.15) is 5.82 Å². The van der Waals surface area contributed by atoms with Gasteiger partial charge in [0.25, 0.3) is 0 Å². The minimum atomic E-state index is 0.170. The maximum Gasteiger partial charge on any atom is 0.135 e. The van der Waals surface area contributed by atoms with Crippen LogP contribution < -0.4 is 5.73 Å². The van der Waals surface area contributed by atoms with Crippen molar-refractivity contribution in [2.45, 2.75) is 70.3 Å². The molecular formula is C18H27N3. The van der Waals surface area contributed by atoms with E-state index in [1.54, 1.807) is 0 Å². The van der Waals surface area contributed by atoms with Crippen molar-refractivity contribution in [2.75, 3.05) is 0 Å². The highest BCUT2D eigenvalue weighted by molar-refractivity contribution is 5.21. The molecule has 5 rings (SSSR count). The Hall–Kier alpha value is -0.960. The van der Waals surface area contributed by atoms with E-state index in [0.717, 1.165) is 41.4 Å². The molecule has 4 fully saturated rings. The molecule has 0 aliphatic heterocycles. The van der Waals surface area contributed by atoms with E-state index in [9.17, 15) is 0 Å². The van der Waals surface area contributed by atoms with Crippen molar-refractivity contribution in [3.05, 3.63) is 23.3 Å². The molecule has 4 aliphatic carbocycles. The first kappa shape index (κ1) is 13.7. The SMILES string of the molecule is Cc1cc(CC(C)N)nc(C23CC4CC(CC(C4)C2)C3)n1. The summed E-state index contributed by atoms with van der Waals surface area (Å²) in [5.74, 6) is 3.98. The van der Waals surface area contributed by atoms with Gasteiger partial charge in [-0.2, -0.15) is 0 Å². The molecule has 0 saturated heterocycles. The number of aryl methyl sites for hydroxylation is 1. The lowest BCUT2D eigenvalue weighted by Gasteiger charge is -2.56. The van der Waals surface area contributed by atoms with Crippen LogP contribution in [0.15, 0.2) is 6.07 Å². The van der Waals surface area contributed by atoms with E-state index in [2.05, 4.69) is 19.9 Å². The number of rotatable bonds is 3. The van der Waals surface area contributed by atoms with Crippen LogP contribution in [-0.2, 0) is 11.8 Å². The summed E-state index contributed by atoms with van der Waals surface area (Å²) < 4.78 is 0. The molecule has 4 aliphatic rings. The number of aromatic nitrogens is 2. The smallest absolute Gasteiger partial charge is 0.135 e. The van der Waals surface area contributed by atoms with Gasteiger partial charge in [0.05, 0.1) is 0 Å². The lowest BCUT2D eigenvalue weighted by molar-refractivity contribution is -0.00957. The zero-order valence-electron chi connectivity index (χ0n) is 13.3. The first-order chi connectivity index (χ1) is 10.0. The number of hydrogen-bond acceptors (Lipinski definition) is 3. The maximum atomic E-state index is 5.97. The highest BCUT2D eigenvalue weighted by atomic mass is 14.9. The summed E-state index contributed by atoms with van der Waals surface area (Å²) in [6, 6.07) is 2.29. The van der Waals surface area contributed by atoms with E-state index in [-0.39, 0.29) is 6.04 Å². The zero-order valence-corrected chi connectivity index (χ0v) is 13.3. The van der Waals surface area contributed by atoms with Crippen LogP contribution in [0.5, 0.6) is 0 Å². The summed E-state index contributed by atoms with van der Waals surface area (Å²) >= 11 is 0. The third kappa shape index (κ3) is 2.40. The van der Waals surface area contributed by atoms with Crippen molar-refractivity contribution in [1.29, 1.82) is 0 Å². The normalized spacial score (nSPS) is 38.7. The molecule has 2 N–H and O–H groups in total. The van der Waals surface area contributed by atoms with Crippen LogP contribution in [-0.4, -0.2) is 16.0 Å². The molecule has 3 heteroatoms. The summed E-state index contributed by atoms with van der Waals surface area (Å²) in [5, 5.41) is 0. The fourth-order valence-electron chi connectivity index (χ4n) is 5.69. The number of hydrogen-bond donors (Lipinski definition) is 1. The van der Waals surface area contributed by atoms with Gasteiger partial charge in [-0.15, -0.1) is 0 Å². The van der Waals surface area contributed by atoms with Crippen LogP contribution in [0.1, 0.15) is 62.7 Å².